The molecule has 2 N–H and O–H groups in total. The Bertz CT molecular complexity index is 1010. The second-order valence-corrected chi connectivity index (χ2v) is 6.28. The summed E-state index contributed by atoms with van der Waals surface area (Å²) in [6, 6.07) is 17.9. The van der Waals surface area contributed by atoms with Crippen molar-refractivity contribution in [3.8, 4) is 6.07 Å². The standard InChI is InChI=1S/C20H16ClN5O/c1-13-9-18(19(27)23-12-14-5-7-16(21)8-6-14)26-20(24-13)25-17-4-2-3-15(10-17)11-22/h2-10H,12H2,1H3,(H,23,27)(H,24,25,26). The van der Waals surface area contributed by atoms with Gasteiger partial charge in [0.1, 0.15) is 5.69 Å². The first kappa shape index (κ1) is 18.4. The van der Waals surface area contributed by atoms with Gasteiger partial charge in [-0.3, -0.25) is 4.79 Å². The van der Waals surface area contributed by atoms with Crippen molar-refractivity contribution < 1.29 is 4.79 Å². The van der Waals surface area contributed by atoms with Crippen LogP contribution in [-0.2, 0) is 6.54 Å². The van der Waals surface area contributed by atoms with E-state index >= 15 is 0 Å². The van der Waals surface area contributed by atoms with Crippen molar-refractivity contribution in [1.82, 2.24) is 15.3 Å². The van der Waals surface area contributed by atoms with E-state index in [9.17, 15) is 4.79 Å². The number of halogens is 1. The Balaban J connectivity index is 1.73. The highest BCUT2D eigenvalue weighted by Gasteiger charge is 2.11. The van der Waals surface area contributed by atoms with E-state index in [1.807, 2.05) is 12.1 Å². The van der Waals surface area contributed by atoms with Crippen LogP contribution < -0.4 is 10.6 Å². The number of hydrogen-bond acceptors (Lipinski definition) is 5. The predicted molar refractivity (Wildman–Crippen MR) is 104 cm³/mol. The number of aryl methyl sites for hydroxylation is 1. The molecule has 0 saturated carbocycles. The van der Waals surface area contributed by atoms with Gasteiger partial charge >= 0.3 is 0 Å². The molecule has 7 heteroatoms. The summed E-state index contributed by atoms with van der Waals surface area (Å²) in [5, 5.41) is 15.5. The van der Waals surface area contributed by atoms with Crippen LogP contribution in [0.15, 0.2) is 54.6 Å². The first-order chi connectivity index (χ1) is 13.0. The van der Waals surface area contributed by atoms with Crippen molar-refractivity contribution in [1.29, 1.82) is 5.26 Å². The Labute approximate surface area is 161 Å². The first-order valence-electron chi connectivity index (χ1n) is 8.19. The lowest BCUT2D eigenvalue weighted by Crippen LogP contribution is -2.24. The Morgan fingerprint density at radius 3 is 2.67 bits per heavy atom. The Morgan fingerprint density at radius 1 is 1.15 bits per heavy atom. The molecule has 3 aromatic rings. The lowest BCUT2D eigenvalue weighted by molar-refractivity contribution is 0.0945. The van der Waals surface area contributed by atoms with Crippen LogP contribution in [0.5, 0.6) is 0 Å². The number of anilines is 2. The second kappa shape index (κ2) is 8.30. The van der Waals surface area contributed by atoms with Crippen molar-refractivity contribution in [3.63, 3.8) is 0 Å². The largest absolute Gasteiger partial charge is 0.347 e. The second-order valence-electron chi connectivity index (χ2n) is 5.84. The number of carbonyl (C=O) groups excluding carboxylic acids is 1. The Hall–Kier alpha value is -3.43. The fourth-order valence-corrected chi connectivity index (χ4v) is 2.54. The highest BCUT2D eigenvalue weighted by Crippen LogP contribution is 2.15. The van der Waals surface area contributed by atoms with Crippen LogP contribution in [0.2, 0.25) is 5.02 Å². The van der Waals surface area contributed by atoms with E-state index in [2.05, 4.69) is 26.7 Å². The predicted octanol–water partition coefficient (Wildman–Crippen LogP) is 3.98. The summed E-state index contributed by atoms with van der Waals surface area (Å²) < 4.78 is 0. The number of aromatic nitrogens is 2. The molecule has 1 aromatic heterocycles. The van der Waals surface area contributed by atoms with Gasteiger partial charge in [-0.1, -0.05) is 29.8 Å². The fraction of sp³-hybridized carbons (Fsp3) is 0.100. The zero-order valence-corrected chi connectivity index (χ0v) is 15.3. The summed E-state index contributed by atoms with van der Waals surface area (Å²) in [4.78, 5) is 21.0. The maximum atomic E-state index is 12.4. The number of amides is 1. The highest BCUT2D eigenvalue weighted by atomic mass is 35.5. The number of nitrogens with zero attached hydrogens (tertiary/aromatic N) is 3. The molecule has 1 heterocycles. The number of nitriles is 1. The van der Waals surface area contributed by atoms with E-state index in [0.717, 1.165) is 5.56 Å². The summed E-state index contributed by atoms with van der Waals surface area (Å²) in [5.74, 6) is -0.00833. The summed E-state index contributed by atoms with van der Waals surface area (Å²) in [6.45, 7) is 2.15. The van der Waals surface area contributed by atoms with Crippen molar-refractivity contribution in [2.75, 3.05) is 5.32 Å². The third kappa shape index (κ3) is 5.03. The van der Waals surface area contributed by atoms with E-state index in [4.69, 9.17) is 16.9 Å². The zero-order chi connectivity index (χ0) is 19.2. The fourth-order valence-electron chi connectivity index (χ4n) is 2.41. The molecule has 0 atom stereocenters. The van der Waals surface area contributed by atoms with Crippen molar-refractivity contribution in [3.05, 3.63) is 82.1 Å². The van der Waals surface area contributed by atoms with Crippen molar-refractivity contribution in [2.24, 2.45) is 0 Å². The Morgan fingerprint density at radius 2 is 1.93 bits per heavy atom. The quantitative estimate of drug-likeness (QED) is 0.701. The van der Waals surface area contributed by atoms with Crippen LogP contribution in [0.3, 0.4) is 0 Å². The van der Waals surface area contributed by atoms with Gasteiger partial charge in [0.15, 0.2) is 0 Å². The minimum atomic E-state index is -0.302. The van der Waals surface area contributed by atoms with E-state index < -0.39 is 0 Å². The molecule has 27 heavy (non-hydrogen) atoms. The zero-order valence-electron chi connectivity index (χ0n) is 14.5. The van der Waals surface area contributed by atoms with Crippen molar-refractivity contribution >= 4 is 29.1 Å². The molecule has 2 aromatic carbocycles. The van der Waals surface area contributed by atoms with Crippen LogP contribution in [-0.4, -0.2) is 15.9 Å². The van der Waals surface area contributed by atoms with Crippen LogP contribution in [0.1, 0.15) is 27.3 Å². The van der Waals surface area contributed by atoms with E-state index in [1.54, 1.807) is 49.4 Å². The monoisotopic (exact) mass is 377 g/mol. The van der Waals surface area contributed by atoms with Crippen LogP contribution in [0.25, 0.3) is 0 Å². The Kier molecular flexibility index (Phi) is 5.64. The van der Waals surface area contributed by atoms with Gasteiger partial charge in [0.05, 0.1) is 11.6 Å². The summed E-state index contributed by atoms with van der Waals surface area (Å²) in [7, 11) is 0. The maximum absolute atomic E-state index is 12.4. The topological polar surface area (TPSA) is 90.7 Å². The molecule has 0 spiro atoms. The number of carbonyl (C=O) groups is 1. The molecule has 1 amide bonds. The number of nitrogens with one attached hydrogen (secondary N) is 2. The SMILES string of the molecule is Cc1cc(C(=O)NCc2ccc(Cl)cc2)nc(Nc2cccc(C#N)c2)n1. The molecule has 0 aliphatic carbocycles. The van der Waals surface area contributed by atoms with Crippen LogP contribution in [0, 0.1) is 18.3 Å². The summed E-state index contributed by atoms with van der Waals surface area (Å²) in [5.41, 5.74) is 3.04. The molecule has 0 radical (unpaired) electrons. The highest BCUT2D eigenvalue weighted by molar-refractivity contribution is 6.30. The smallest absolute Gasteiger partial charge is 0.270 e. The van der Waals surface area contributed by atoms with Gasteiger partial charge in [0.2, 0.25) is 5.95 Å². The average Bonchev–Trinajstić information content (AvgIpc) is 2.67. The molecule has 0 aliphatic rings. The molecule has 3 rings (SSSR count). The lowest BCUT2D eigenvalue weighted by Gasteiger charge is -2.09. The van der Waals surface area contributed by atoms with Crippen molar-refractivity contribution in [2.45, 2.75) is 13.5 Å². The molecule has 0 aliphatic heterocycles. The minimum Gasteiger partial charge on any atom is -0.347 e. The van der Waals surface area contributed by atoms with Gasteiger partial charge in [-0.05, 0) is 48.9 Å². The van der Waals surface area contributed by atoms with Gasteiger partial charge in [-0.25, -0.2) is 9.97 Å². The molecular formula is C20H16ClN5O. The van der Waals surface area contributed by atoms with Gasteiger partial charge in [-0.2, -0.15) is 5.26 Å². The van der Waals surface area contributed by atoms with E-state index in [1.165, 1.54) is 0 Å². The van der Waals surface area contributed by atoms with E-state index in [-0.39, 0.29) is 11.6 Å². The third-order valence-corrected chi connectivity index (χ3v) is 3.95. The molecule has 0 bridgehead atoms. The van der Waals surface area contributed by atoms with Crippen LogP contribution >= 0.6 is 11.6 Å². The summed E-state index contributed by atoms with van der Waals surface area (Å²) >= 11 is 5.86. The molecule has 6 nitrogen and oxygen atoms in total. The number of hydrogen-bond donors (Lipinski definition) is 2. The first-order valence-corrected chi connectivity index (χ1v) is 8.57. The van der Waals surface area contributed by atoms with Gasteiger partial charge in [0.25, 0.3) is 5.91 Å². The lowest BCUT2D eigenvalue weighted by atomic mass is 10.2. The molecule has 134 valence electrons. The van der Waals surface area contributed by atoms with Gasteiger partial charge in [0, 0.05) is 22.9 Å². The minimum absolute atomic E-state index is 0.260. The summed E-state index contributed by atoms with van der Waals surface area (Å²) in [6.07, 6.45) is 0. The third-order valence-electron chi connectivity index (χ3n) is 3.70. The number of rotatable bonds is 5. The van der Waals surface area contributed by atoms with E-state index in [0.29, 0.717) is 34.5 Å². The number of benzene rings is 2. The molecular weight excluding hydrogens is 362 g/mol. The maximum Gasteiger partial charge on any atom is 0.270 e. The normalized spacial score (nSPS) is 10.1. The molecule has 0 fully saturated rings. The van der Waals surface area contributed by atoms with Gasteiger partial charge < -0.3 is 10.6 Å². The average molecular weight is 378 g/mol. The van der Waals surface area contributed by atoms with Gasteiger partial charge in [-0.15, -0.1) is 0 Å². The van der Waals surface area contributed by atoms with Crippen LogP contribution in [0.4, 0.5) is 11.6 Å². The molecule has 0 saturated heterocycles. The molecule has 0 unspecified atom stereocenters.